The molecule has 0 aliphatic carbocycles. The molecule has 4 rings (SSSR count). The van der Waals surface area contributed by atoms with Gasteiger partial charge in [0.15, 0.2) is 11.3 Å². The van der Waals surface area contributed by atoms with Gasteiger partial charge in [0.05, 0.1) is 25.3 Å². The van der Waals surface area contributed by atoms with Crippen molar-refractivity contribution in [2.75, 3.05) is 13.7 Å². The fourth-order valence-electron chi connectivity index (χ4n) is 3.21. The number of alkyl halides is 3. The fourth-order valence-corrected chi connectivity index (χ4v) is 3.21. The van der Waals surface area contributed by atoms with Crippen LogP contribution in [0.2, 0.25) is 0 Å². The van der Waals surface area contributed by atoms with Crippen LogP contribution in [0.15, 0.2) is 55.2 Å². The number of fused-ring (bicyclic) bond motifs is 1. The molecule has 0 aliphatic rings. The summed E-state index contributed by atoms with van der Waals surface area (Å²) in [6, 6.07) is 7.36. The van der Waals surface area contributed by atoms with Crippen LogP contribution in [0.25, 0.3) is 16.9 Å². The van der Waals surface area contributed by atoms with Crippen LogP contribution >= 0.6 is 0 Å². The van der Waals surface area contributed by atoms with E-state index in [1.807, 2.05) is 4.57 Å². The number of ether oxygens (including phenoxy) is 1. The van der Waals surface area contributed by atoms with Crippen molar-refractivity contribution >= 4 is 11.6 Å². The number of nitrogens with zero attached hydrogens (tertiary/aromatic N) is 5. The van der Waals surface area contributed by atoms with Crippen LogP contribution in [0.3, 0.4) is 0 Å². The highest BCUT2D eigenvalue weighted by Crippen LogP contribution is 2.33. The Balaban J connectivity index is 1.63. The van der Waals surface area contributed by atoms with Gasteiger partial charge in [-0.2, -0.15) is 18.3 Å². The summed E-state index contributed by atoms with van der Waals surface area (Å²) >= 11 is 0. The van der Waals surface area contributed by atoms with E-state index < -0.39 is 17.8 Å². The van der Waals surface area contributed by atoms with E-state index in [1.54, 1.807) is 43.0 Å². The highest BCUT2D eigenvalue weighted by atomic mass is 19.4. The monoisotopic (exact) mass is 444 g/mol. The molecule has 1 amide bonds. The first-order valence-electron chi connectivity index (χ1n) is 9.71. The van der Waals surface area contributed by atoms with Gasteiger partial charge < -0.3 is 14.6 Å². The zero-order valence-electron chi connectivity index (χ0n) is 17.0. The fraction of sp³-hybridized carbons (Fsp3) is 0.238. The van der Waals surface area contributed by atoms with Crippen molar-refractivity contribution < 1.29 is 22.7 Å². The van der Waals surface area contributed by atoms with Gasteiger partial charge in [0.2, 0.25) is 0 Å². The van der Waals surface area contributed by atoms with Crippen LogP contribution in [0.5, 0.6) is 5.75 Å². The smallest absolute Gasteiger partial charge is 0.433 e. The Morgan fingerprint density at radius 1 is 1.22 bits per heavy atom. The summed E-state index contributed by atoms with van der Waals surface area (Å²) in [4.78, 5) is 20.9. The highest BCUT2D eigenvalue weighted by molar-refractivity contribution is 5.99. The van der Waals surface area contributed by atoms with Crippen molar-refractivity contribution in [1.82, 2.24) is 29.5 Å². The number of carbonyl (C=O) groups is 1. The van der Waals surface area contributed by atoms with Crippen LogP contribution in [-0.4, -0.2) is 43.7 Å². The first-order valence-corrected chi connectivity index (χ1v) is 9.71. The lowest BCUT2D eigenvalue weighted by Crippen LogP contribution is -2.25. The SMILES string of the molecule is COc1ccc(-c2cc(C(F)(F)F)n3ncc(C(=O)NCCCn4ccnc4)c3n2)cc1. The molecule has 1 N–H and O–H groups in total. The molecule has 0 fully saturated rings. The molecule has 3 heterocycles. The van der Waals surface area contributed by atoms with Gasteiger partial charge in [-0.05, 0) is 36.8 Å². The first-order chi connectivity index (χ1) is 15.4. The van der Waals surface area contributed by atoms with E-state index in [9.17, 15) is 18.0 Å². The van der Waals surface area contributed by atoms with Gasteiger partial charge in [0, 0.05) is 31.0 Å². The number of halogens is 3. The summed E-state index contributed by atoms with van der Waals surface area (Å²) in [5.41, 5.74) is -0.701. The molecular weight excluding hydrogens is 425 g/mol. The van der Waals surface area contributed by atoms with E-state index in [2.05, 4.69) is 20.4 Å². The molecular formula is C21H19F3N6O2. The van der Waals surface area contributed by atoms with Crippen molar-refractivity contribution in [3.8, 4) is 17.0 Å². The number of carbonyl (C=O) groups excluding carboxylic acids is 1. The Morgan fingerprint density at radius 2 is 2.00 bits per heavy atom. The van der Waals surface area contributed by atoms with Crippen LogP contribution in [0.1, 0.15) is 22.5 Å². The standard InChI is InChI=1S/C21H19F3N6O2/c1-32-15-5-3-14(4-6-15)17-11-18(21(22,23)24)30-19(28-17)16(12-27-30)20(31)26-7-2-9-29-10-8-25-13-29/h3-6,8,10-13H,2,7,9H2,1H3,(H,26,31). The first kappa shape index (κ1) is 21.3. The van der Waals surface area contributed by atoms with Crippen molar-refractivity contribution in [2.45, 2.75) is 19.1 Å². The average molecular weight is 444 g/mol. The number of hydrogen-bond donors (Lipinski definition) is 1. The van der Waals surface area contributed by atoms with Crippen molar-refractivity contribution in [1.29, 1.82) is 0 Å². The molecule has 0 saturated heterocycles. The van der Waals surface area contributed by atoms with Crippen LogP contribution in [-0.2, 0) is 12.7 Å². The average Bonchev–Trinajstić information content (AvgIpc) is 3.45. The topological polar surface area (TPSA) is 86.3 Å². The van der Waals surface area contributed by atoms with Crippen LogP contribution in [0.4, 0.5) is 13.2 Å². The summed E-state index contributed by atoms with van der Waals surface area (Å²) < 4.78 is 48.7. The number of rotatable bonds is 7. The van der Waals surface area contributed by atoms with E-state index >= 15 is 0 Å². The zero-order chi connectivity index (χ0) is 22.7. The molecule has 0 unspecified atom stereocenters. The molecule has 11 heteroatoms. The van der Waals surface area contributed by atoms with Crippen molar-refractivity contribution in [3.63, 3.8) is 0 Å². The number of amides is 1. The second-order valence-electron chi connectivity index (χ2n) is 6.96. The Kier molecular flexibility index (Phi) is 5.80. The predicted molar refractivity (Wildman–Crippen MR) is 109 cm³/mol. The van der Waals surface area contributed by atoms with Gasteiger partial charge in [-0.1, -0.05) is 0 Å². The lowest BCUT2D eigenvalue weighted by molar-refractivity contribution is -0.142. The number of benzene rings is 1. The minimum Gasteiger partial charge on any atom is -0.497 e. The predicted octanol–water partition coefficient (Wildman–Crippen LogP) is 3.44. The van der Waals surface area contributed by atoms with Crippen molar-refractivity contribution in [2.24, 2.45) is 0 Å². The highest BCUT2D eigenvalue weighted by Gasteiger charge is 2.36. The molecule has 0 aliphatic heterocycles. The molecule has 32 heavy (non-hydrogen) atoms. The van der Waals surface area contributed by atoms with E-state index in [0.29, 0.717) is 35.3 Å². The van der Waals surface area contributed by atoms with E-state index in [-0.39, 0.29) is 16.9 Å². The Bertz CT molecular complexity index is 1220. The second kappa shape index (κ2) is 8.69. The molecule has 1 aromatic carbocycles. The molecule has 0 bridgehead atoms. The number of imidazole rings is 1. The van der Waals surface area contributed by atoms with Crippen molar-refractivity contribution in [3.05, 3.63) is 66.5 Å². The number of nitrogens with one attached hydrogen (secondary N) is 1. The number of methoxy groups -OCH3 is 1. The summed E-state index contributed by atoms with van der Waals surface area (Å²) in [6.45, 7) is 0.978. The number of hydrogen-bond acceptors (Lipinski definition) is 5. The molecule has 8 nitrogen and oxygen atoms in total. The third-order valence-corrected chi connectivity index (χ3v) is 4.83. The van der Waals surface area contributed by atoms with Gasteiger partial charge in [0.1, 0.15) is 11.3 Å². The zero-order valence-corrected chi connectivity index (χ0v) is 17.0. The maximum atomic E-state index is 13.7. The third-order valence-electron chi connectivity index (χ3n) is 4.83. The molecule has 0 spiro atoms. The summed E-state index contributed by atoms with van der Waals surface area (Å²) in [7, 11) is 1.49. The minimum absolute atomic E-state index is 0.0338. The largest absolute Gasteiger partial charge is 0.497 e. The molecule has 0 atom stereocenters. The molecule has 4 aromatic rings. The molecule has 166 valence electrons. The van der Waals surface area contributed by atoms with Crippen LogP contribution in [0, 0.1) is 0 Å². The van der Waals surface area contributed by atoms with Crippen LogP contribution < -0.4 is 10.1 Å². The Labute approximate surface area is 180 Å². The summed E-state index contributed by atoms with van der Waals surface area (Å²) in [5, 5.41) is 6.49. The normalized spacial score (nSPS) is 11.6. The second-order valence-corrected chi connectivity index (χ2v) is 6.96. The van der Waals surface area contributed by atoms with Gasteiger partial charge >= 0.3 is 6.18 Å². The summed E-state index contributed by atoms with van der Waals surface area (Å²) in [6.07, 6.45) is 2.15. The number of aryl methyl sites for hydroxylation is 1. The van der Waals surface area contributed by atoms with E-state index in [0.717, 1.165) is 12.3 Å². The maximum Gasteiger partial charge on any atom is 0.433 e. The van der Waals surface area contributed by atoms with Gasteiger partial charge in [-0.25, -0.2) is 14.5 Å². The van der Waals surface area contributed by atoms with Gasteiger partial charge in [0.25, 0.3) is 5.91 Å². The Hall–Kier alpha value is -3.89. The Morgan fingerprint density at radius 3 is 2.66 bits per heavy atom. The lowest BCUT2D eigenvalue weighted by Gasteiger charge is -2.12. The molecule has 0 radical (unpaired) electrons. The van der Waals surface area contributed by atoms with Gasteiger partial charge in [-0.3, -0.25) is 4.79 Å². The summed E-state index contributed by atoms with van der Waals surface area (Å²) in [5.74, 6) is 0.0177. The van der Waals surface area contributed by atoms with E-state index in [1.165, 1.54) is 7.11 Å². The minimum atomic E-state index is -4.69. The molecule has 0 saturated carbocycles. The number of aromatic nitrogens is 5. The van der Waals surface area contributed by atoms with E-state index in [4.69, 9.17) is 4.74 Å². The lowest BCUT2D eigenvalue weighted by atomic mass is 10.1. The maximum absolute atomic E-state index is 13.7. The van der Waals surface area contributed by atoms with Gasteiger partial charge in [-0.15, -0.1) is 0 Å². The quantitative estimate of drug-likeness (QED) is 0.442. The third kappa shape index (κ3) is 4.41. The molecule has 3 aromatic heterocycles.